The first-order valence-electron chi connectivity index (χ1n) is 10.1. The molecule has 0 saturated carbocycles. The quantitative estimate of drug-likeness (QED) is 0.417. The highest BCUT2D eigenvalue weighted by molar-refractivity contribution is 5.27. The van der Waals surface area contributed by atoms with E-state index in [2.05, 4.69) is 4.98 Å². The summed E-state index contributed by atoms with van der Waals surface area (Å²) in [5.41, 5.74) is 2.05. The zero-order chi connectivity index (χ0) is 21.3. The minimum Gasteiger partial charge on any atom is -0.487 e. The van der Waals surface area contributed by atoms with Gasteiger partial charge in [0.15, 0.2) is 6.29 Å². The molecule has 1 saturated heterocycles. The minimum atomic E-state index is -1.42. The molecule has 0 bridgehead atoms. The van der Waals surface area contributed by atoms with Crippen molar-refractivity contribution < 1.29 is 34.6 Å². The number of aliphatic hydroxyl groups is 4. The van der Waals surface area contributed by atoms with Crippen molar-refractivity contribution in [3.63, 3.8) is 0 Å². The van der Waals surface area contributed by atoms with Crippen molar-refractivity contribution in [3.05, 3.63) is 59.9 Å². The molecule has 1 aromatic carbocycles. The first kappa shape index (κ1) is 22.6. The largest absolute Gasteiger partial charge is 0.487 e. The number of unbranched alkanes of at least 4 members (excludes halogenated alkanes) is 1. The molecule has 1 fully saturated rings. The van der Waals surface area contributed by atoms with Gasteiger partial charge in [0, 0.05) is 12.8 Å². The molecule has 0 radical (unpaired) electrons. The molecule has 2 aromatic rings. The van der Waals surface area contributed by atoms with Crippen LogP contribution in [-0.4, -0.2) is 69.3 Å². The number of ether oxygens (including phenoxy) is 3. The Labute approximate surface area is 175 Å². The molecular weight excluding hydrogens is 390 g/mol. The smallest absolute Gasteiger partial charge is 0.186 e. The summed E-state index contributed by atoms with van der Waals surface area (Å²) >= 11 is 0. The summed E-state index contributed by atoms with van der Waals surface area (Å²) in [6.07, 6.45) is -1.98. The summed E-state index contributed by atoms with van der Waals surface area (Å²) in [5, 5.41) is 38.6. The molecule has 1 aliphatic rings. The van der Waals surface area contributed by atoms with E-state index in [9.17, 15) is 20.4 Å². The predicted octanol–water partition coefficient (Wildman–Crippen LogP) is 0.800. The molecule has 5 unspecified atom stereocenters. The lowest BCUT2D eigenvalue weighted by Crippen LogP contribution is -2.59. The lowest BCUT2D eigenvalue weighted by atomic mass is 9.99. The van der Waals surface area contributed by atoms with Gasteiger partial charge in [-0.15, -0.1) is 0 Å². The fraction of sp³-hybridized carbons (Fsp3) is 0.500. The number of pyridine rings is 1. The Morgan fingerprint density at radius 1 is 0.933 bits per heavy atom. The second kappa shape index (κ2) is 11.4. The van der Waals surface area contributed by atoms with Crippen LogP contribution in [0.1, 0.15) is 24.1 Å². The van der Waals surface area contributed by atoms with Crippen LogP contribution >= 0.6 is 0 Å². The van der Waals surface area contributed by atoms with Crippen LogP contribution in [0.3, 0.4) is 0 Å². The van der Waals surface area contributed by atoms with Gasteiger partial charge in [0.2, 0.25) is 0 Å². The first-order valence-corrected chi connectivity index (χ1v) is 10.1. The Hall–Kier alpha value is -2.07. The van der Waals surface area contributed by atoms with Crippen molar-refractivity contribution in [1.82, 2.24) is 4.98 Å². The van der Waals surface area contributed by atoms with Crippen LogP contribution in [0.4, 0.5) is 0 Å². The van der Waals surface area contributed by atoms with Crippen LogP contribution in [0.5, 0.6) is 5.75 Å². The van der Waals surface area contributed by atoms with E-state index in [1.807, 2.05) is 42.5 Å². The number of rotatable bonds is 10. The van der Waals surface area contributed by atoms with Gasteiger partial charge in [-0.2, -0.15) is 0 Å². The molecule has 0 amide bonds. The van der Waals surface area contributed by atoms with E-state index < -0.39 is 37.3 Å². The topological polar surface area (TPSA) is 122 Å². The molecule has 8 nitrogen and oxygen atoms in total. The van der Waals surface area contributed by atoms with E-state index in [0.29, 0.717) is 13.2 Å². The molecule has 3 rings (SSSR count). The highest BCUT2D eigenvalue weighted by Crippen LogP contribution is 2.22. The Morgan fingerprint density at radius 2 is 1.73 bits per heavy atom. The Kier molecular flexibility index (Phi) is 8.56. The van der Waals surface area contributed by atoms with Crippen LogP contribution in [0.25, 0.3) is 0 Å². The SMILES string of the molecule is OCC1OC(OCCCCc2ccc(OCc3ccccn3)cc2)C(O)C(O)C1O. The molecule has 4 N–H and O–H groups in total. The molecule has 164 valence electrons. The highest BCUT2D eigenvalue weighted by atomic mass is 16.7. The van der Waals surface area contributed by atoms with Gasteiger partial charge in [-0.3, -0.25) is 4.98 Å². The van der Waals surface area contributed by atoms with Crippen molar-refractivity contribution in [3.8, 4) is 5.75 Å². The molecule has 1 aromatic heterocycles. The monoisotopic (exact) mass is 419 g/mol. The van der Waals surface area contributed by atoms with Gasteiger partial charge in [-0.1, -0.05) is 18.2 Å². The summed E-state index contributed by atoms with van der Waals surface area (Å²) in [6, 6.07) is 13.6. The number of aromatic nitrogens is 1. The highest BCUT2D eigenvalue weighted by Gasteiger charge is 2.43. The standard InChI is InChI=1S/C22H29NO7/c24-13-18-19(25)20(26)21(27)22(30-18)28-12-4-2-5-15-7-9-17(10-8-15)29-14-16-6-1-3-11-23-16/h1,3,6-11,18-22,24-27H,2,4-5,12-14H2. The third kappa shape index (κ3) is 6.21. The van der Waals surface area contributed by atoms with Gasteiger partial charge in [0.05, 0.1) is 12.3 Å². The molecule has 0 spiro atoms. The van der Waals surface area contributed by atoms with E-state index in [1.54, 1.807) is 6.20 Å². The van der Waals surface area contributed by atoms with Gasteiger partial charge in [-0.05, 0) is 49.1 Å². The summed E-state index contributed by atoms with van der Waals surface area (Å²) < 4.78 is 16.5. The maximum absolute atomic E-state index is 9.94. The third-order valence-corrected chi connectivity index (χ3v) is 5.03. The maximum atomic E-state index is 9.94. The van der Waals surface area contributed by atoms with Crippen molar-refractivity contribution >= 4 is 0 Å². The van der Waals surface area contributed by atoms with Gasteiger partial charge in [0.1, 0.15) is 36.8 Å². The Bertz CT molecular complexity index is 741. The van der Waals surface area contributed by atoms with E-state index in [1.165, 1.54) is 5.56 Å². The number of nitrogens with zero attached hydrogens (tertiary/aromatic N) is 1. The van der Waals surface area contributed by atoms with Gasteiger partial charge >= 0.3 is 0 Å². The zero-order valence-corrected chi connectivity index (χ0v) is 16.7. The van der Waals surface area contributed by atoms with E-state index in [0.717, 1.165) is 30.7 Å². The molecule has 0 aliphatic carbocycles. The average Bonchev–Trinajstić information content (AvgIpc) is 2.79. The van der Waals surface area contributed by atoms with Crippen LogP contribution < -0.4 is 4.74 Å². The summed E-state index contributed by atoms with van der Waals surface area (Å²) in [7, 11) is 0. The fourth-order valence-corrected chi connectivity index (χ4v) is 3.23. The Morgan fingerprint density at radius 3 is 2.43 bits per heavy atom. The van der Waals surface area contributed by atoms with Gasteiger partial charge < -0.3 is 34.6 Å². The maximum Gasteiger partial charge on any atom is 0.186 e. The van der Waals surface area contributed by atoms with Gasteiger partial charge in [-0.25, -0.2) is 0 Å². The summed E-state index contributed by atoms with van der Waals surface area (Å²) in [5.74, 6) is 0.787. The first-order chi connectivity index (χ1) is 14.6. The lowest BCUT2D eigenvalue weighted by molar-refractivity contribution is -0.301. The second-order valence-corrected chi connectivity index (χ2v) is 7.28. The van der Waals surface area contributed by atoms with Crippen LogP contribution in [0.15, 0.2) is 48.7 Å². The van der Waals surface area contributed by atoms with Crippen LogP contribution in [-0.2, 0) is 22.5 Å². The minimum absolute atomic E-state index is 0.327. The molecule has 30 heavy (non-hydrogen) atoms. The molecular formula is C22H29NO7. The van der Waals surface area contributed by atoms with E-state index in [-0.39, 0.29) is 0 Å². The van der Waals surface area contributed by atoms with Crippen molar-refractivity contribution in [2.75, 3.05) is 13.2 Å². The van der Waals surface area contributed by atoms with Gasteiger partial charge in [0.25, 0.3) is 0 Å². The van der Waals surface area contributed by atoms with Crippen molar-refractivity contribution in [2.24, 2.45) is 0 Å². The van der Waals surface area contributed by atoms with Crippen molar-refractivity contribution in [2.45, 2.75) is 56.6 Å². The molecule has 5 atom stereocenters. The summed E-state index contributed by atoms with van der Waals surface area (Å²) in [4.78, 5) is 4.22. The van der Waals surface area contributed by atoms with Crippen LogP contribution in [0, 0.1) is 0 Å². The molecule has 2 heterocycles. The molecule has 8 heteroatoms. The fourth-order valence-electron chi connectivity index (χ4n) is 3.23. The second-order valence-electron chi connectivity index (χ2n) is 7.28. The van der Waals surface area contributed by atoms with Crippen LogP contribution in [0.2, 0.25) is 0 Å². The third-order valence-electron chi connectivity index (χ3n) is 5.03. The number of hydrogen-bond donors (Lipinski definition) is 4. The molecule has 1 aliphatic heterocycles. The zero-order valence-electron chi connectivity index (χ0n) is 16.7. The number of benzene rings is 1. The normalized spacial score (nSPS) is 26.5. The predicted molar refractivity (Wildman–Crippen MR) is 108 cm³/mol. The van der Waals surface area contributed by atoms with Crippen molar-refractivity contribution in [1.29, 1.82) is 0 Å². The summed E-state index contributed by atoms with van der Waals surface area (Å²) in [6.45, 7) is 0.288. The van der Waals surface area contributed by atoms with E-state index >= 15 is 0 Å². The Balaban J connectivity index is 1.34. The number of hydrogen-bond acceptors (Lipinski definition) is 8. The number of aliphatic hydroxyl groups excluding tert-OH is 4. The van der Waals surface area contributed by atoms with E-state index in [4.69, 9.17) is 14.2 Å². The number of aryl methyl sites for hydroxylation is 1. The average molecular weight is 419 g/mol. The lowest BCUT2D eigenvalue weighted by Gasteiger charge is -2.39.